The Morgan fingerprint density at radius 1 is 0.667 bits per heavy atom. The monoisotopic (exact) mass is 553 g/mol. The van der Waals surface area contributed by atoms with E-state index in [-0.39, 0.29) is 0 Å². The fraction of sp³-hybridized carbons (Fsp3) is 0.960. The quantitative estimate of drug-likeness (QED) is 0.0851. The third-order valence-electron chi connectivity index (χ3n) is 4.98. The molecule has 5 heteroatoms. The summed E-state index contributed by atoms with van der Waals surface area (Å²) in [6, 6.07) is 0. The number of hydrogen-bond acceptors (Lipinski definition) is 3. The van der Waals surface area contributed by atoms with Gasteiger partial charge in [-0.3, -0.25) is 0 Å². The van der Waals surface area contributed by atoms with Gasteiger partial charge in [0.05, 0.1) is 0 Å². The second-order valence-electron chi connectivity index (χ2n) is 9.07. The van der Waals surface area contributed by atoms with E-state index in [4.69, 9.17) is 10.2 Å². The van der Waals surface area contributed by atoms with Crippen molar-refractivity contribution in [2.24, 2.45) is 0 Å². The number of aliphatic hydroxyl groups is 1. The maximum atomic E-state index is 10.5. The molecule has 0 saturated heterocycles. The zero-order valence-electron chi connectivity index (χ0n) is 20.7. The van der Waals surface area contributed by atoms with Crippen molar-refractivity contribution in [2.45, 2.75) is 143 Å². The summed E-state index contributed by atoms with van der Waals surface area (Å²) in [6.45, 7) is 2.28. The molecule has 2 N–H and O–H groups in total. The molecule has 0 heterocycles. The number of rotatable bonds is 21. The van der Waals surface area contributed by atoms with Gasteiger partial charge in [0.2, 0.25) is 0 Å². The molecule has 1 unspecified atom stereocenters. The molecule has 1 atom stereocenters. The van der Waals surface area contributed by atoms with E-state index in [0.717, 1.165) is 30.4 Å². The normalized spacial score (nSPS) is 11.9. The first-order chi connectivity index (χ1) is 14.4. The van der Waals surface area contributed by atoms with E-state index >= 15 is 0 Å². The van der Waals surface area contributed by atoms with Gasteiger partial charge in [0, 0.05) is 0 Å². The Kier molecular flexibility index (Phi) is 30.1. The van der Waals surface area contributed by atoms with Gasteiger partial charge in [0.1, 0.15) is 0 Å². The summed E-state index contributed by atoms with van der Waals surface area (Å²) in [5, 5.41) is 17.7. The van der Waals surface area contributed by atoms with Gasteiger partial charge in [-0.05, 0) is 12.2 Å². The van der Waals surface area contributed by atoms with Crippen LogP contribution in [0.3, 0.4) is 0 Å². The Balaban J connectivity index is 0. The molecule has 0 spiro atoms. The molecule has 30 heavy (non-hydrogen) atoms. The first-order valence-electron chi connectivity index (χ1n) is 12.7. The van der Waals surface area contributed by atoms with Crippen LogP contribution in [0, 0.1) is 0 Å². The number of carboxylic acid groups (broad SMARTS) is 1. The Labute approximate surface area is 200 Å². The molecule has 0 aliphatic heterocycles. The van der Waals surface area contributed by atoms with E-state index in [2.05, 4.69) is 21.7 Å². The van der Waals surface area contributed by atoms with Crippen molar-refractivity contribution in [1.29, 1.82) is 0 Å². The molecule has 181 valence electrons. The van der Waals surface area contributed by atoms with Gasteiger partial charge in [0.15, 0.2) is 5.44 Å². The molecule has 0 saturated carbocycles. The van der Waals surface area contributed by atoms with Gasteiger partial charge in [-0.2, -0.15) is 0 Å². The van der Waals surface area contributed by atoms with E-state index in [9.17, 15) is 4.79 Å². The van der Waals surface area contributed by atoms with Crippen LogP contribution in [0.15, 0.2) is 0 Å². The average Bonchev–Trinajstić information content (AvgIpc) is 2.69. The summed E-state index contributed by atoms with van der Waals surface area (Å²) in [5.41, 5.74) is -1.25. The van der Waals surface area contributed by atoms with Crippen LogP contribution in [-0.2, 0) is 4.79 Å². The van der Waals surface area contributed by atoms with Gasteiger partial charge in [0.25, 0.3) is 0 Å². The van der Waals surface area contributed by atoms with E-state index < -0.39 is 31.2 Å². The minimum absolute atomic E-state index is 0.543. The van der Waals surface area contributed by atoms with Crippen molar-refractivity contribution >= 4 is 37.5 Å². The van der Waals surface area contributed by atoms with Crippen LogP contribution < -0.4 is 0 Å². The number of thioether (sulfide) groups is 1. The second-order valence-corrected chi connectivity index (χ2v) is 18.8. The molecule has 0 rings (SSSR count). The third-order valence-corrected chi connectivity index (χ3v) is 6.03. The molecular formula is C25H53O3SSn. The Morgan fingerprint density at radius 2 is 0.933 bits per heavy atom. The SMILES string of the molecule is CCCCCCCCCCCCCCCCCCCCSC(O)C(=O)O.[CH3][Sn]([CH3])[CH3]. The van der Waals surface area contributed by atoms with Crippen LogP contribution >= 0.6 is 11.8 Å². The van der Waals surface area contributed by atoms with Crippen molar-refractivity contribution < 1.29 is 15.0 Å². The number of hydrogen-bond donors (Lipinski definition) is 2. The van der Waals surface area contributed by atoms with Crippen molar-refractivity contribution in [1.82, 2.24) is 0 Å². The van der Waals surface area contributed by atoms with Crippen molar-refractivity contribution in [3.63, 3.8) is 0 Å². The van der Waals surface area contributed by atoms with Crippen molar-refractivity contribution in [3.8, 4) is 0 Å². The van der Waals surface area contributed by atoms with Gasteiger partial charge in [-0.25, -0.2) is 4.79 Å². The Morgan fingerprint density at radius 3 is 1.20 bits per heavy atom. The predicted molar refractivity (Wildman–Crippen MR) is 138 cm³/mol. The minimum atomic E-state index is -1.25. The molecule has 3 nitrogen and oxygen atoms in total. The molecular weight excluding hydrogens is 499 g/mol. The van der Waals surface area contributed by atoms with Crippen LogP contribution in [0.25, 0.3) is 0 Å². The zero-order valence-corrected chi connectivity index (χ0v) is 24.4. The second kappa shape index (κ2) is 27.6. The molecule has 0 aromatic rings. The summed E-state index contributed by atoms with van der Waals surface area (Å²) in [7, 11) is 0. The van der Waals surface area contributed by atoms with E-state index in [1.807, 2.05) is 0 Å². The molecule has 0 aliphatic rings. The van der Waals surface area contributed by atoms with Crippen molar-refractivity contribution in [3.05, 3.63) is 0 Å². The summed E-state index contributed by atoms with van der Waals surface area (Å²) < 4.78 is 0. The first kappa shape index (κ1) is 32.8. The number of aliphatic carboxylic acids is 1. The summed E-state index contributed by atoms with van der Waals surface area (Å²) >= 11 is 0.586. The van der Waals surface area contributed by atoms with Crippen LogP contribution in [0.5, 0.6) is 0 Å². The van der Waals surface area contributed by atoms with Crippen LogP contribution in [0.1, 0.15) is 122 Å². The standard InChI is InChI=1S/C22H44O3S.3CH3.Sn/c1-2-3-4-5-6-7-8-9-10-11-12-13-14-15-16-17-18-19-20-26-22(25)21(23)24;;;;/h22,25H,2-20H2,1H3,(H,23,24);3*1H3;. The van der Waals surface area contributed by atoms with Crippen LogP contribution in [0.2, 0.25) is 14.8 Å². The average molecular weight is 552 g/mol. The van der Waals surface area contributed by atoms with E-state index in [0.29, 0.717) is 0 Å². The number of aliphatic hydroxyl groups excluding tert-OH is 1. The van der Waals surface area contributed by atoms with Crippen LogP contribution in [-0.4, -0.2) is 47.1 Å². The molecule has 0 bridgehead atoms. The zero-order chi connectivity index (χ0) is 22.9. The maximum absolute atomic E-state index is 10.5. The van der Waals surface area contributed by atoms with Crippen LogP contribution in [0.4, 0.5) is 0 Å². The molecule has 0 fully saturated rings. The number of unbranched alkanes of at least 4 members (excludes halogenated alkanes) is 17. The van der Waals surface area contributed by atoms with Gasteiger partial charge < -0.3 is 10.2 Å². The molecule has 0 aliphatic carbocycles. The topological polar surface area (TPSA) is 57.5 Å². The van der Waals surface area contributed by atoms with E-state index in [1.165, 1.54) is 103 Å². The first-order valence-corrected chi connectivity index (χ1v) is 22.3. The molecule has 0 amide bonds. The van der Waals surface area contributed by atoms with Gasteiger partial charge in [-0.15, -0.1) is 11.8 Å². The number of carboxylic acids is 1. The van der Waals surface area contributed by atoms with E-state index in [1.54, 1.807) is 0 Å². The molecule has 1 radical (unpaired) electrons. The molecule has 0 aromatic carbocycles. The summed E-state index contributed by atoms with van der Waals surface area (Å²) in [6.07, 6.45) is 24.4. The fourth-order valence-corrected chi connectivity index (χ4v) is 4.01. The van der Waals surface area contributed by atoms with Gasteiger partial charge >= 0.3 is 40.5 Å². The Hall–Kier alpha value is 0.579. The summed E-state index contributed by atoms with van der Waals surface area (Å²) in [5.74, 6) is -0.385. The fourth-order valence-electron chi connectivity index (χ4n) is 3.27. The predicted octanol–water partition coefficient (Wildman–Crippen LogP) is 8.53. The van der Waals surface area contributed by atoms with Crippen molar-refractivity contribution in [2.75, 3.05) is 5.75 Å². The Bertz CT molecular complexity index is 338. The third kappa shape index (κ3) is 33.2. The molecule has 0 aromatic heterocycles. The van der Waals surface area contributed by atoms with Gasteiger partial charge in [-0.1, -0.05) is 116 Å². The number of carbonyl (C=O) groups is 1. The summed E-state index contributed by atoms with van der Waals surface area (Å²) in [4.78, 5) is 17.5.